The second-order valence-corrected chi connectivity index (χ2v) is 6.98. The van der Waals surface area contributed by atoms with E-state index in [-0.39, 0.29) is 12.1 Å². The highest BCUT2D eigenvalue weighted by atomic mass is 16.2. The van der Waals surface area contributed by atoms with Crippen molar-refractivity contribution in [2.45, 2.75) is 25.8 Å². The predicted octanol–water partition coefficient (Wildman–Crippen LogP) is 4.16. The van der Waals surface area contributed by atoms with Crippen molar-refractivity contribution in [1.82, 2.24) is 19.7 Å². The summed E-state index contributed by atoms with van der Waals surface area (Å²) in [6.07, 6.45) is 3.70. The van der Waals surface area contributed by atoms with Crippen LogP contribution in [0.15, 0.2) is 54.9 Å². The van der Waals surface area contributed by atoms with Crippen LogP contribution in [0.1, 0.15) is 30.0 Å². The molecule has 2 heterocycles. The Balaban J connectivity index is 1.48. The minimum absolute atomic E-state index is 0.0489. The summed E-state index contributed by atoms with van der Waals surface area (Å²) in [5, 5.41) is 11.0. The molecule has 3 aromatic rings. The van der Waals surface area contributed by atoms with Gasteiger partial charge in [-0.1, -0.05) is 24.3 Å². The number of nitrogens with one attached hydrogen (secondary N) is 1. The maximum absolute atomic E-state index is 12.9. The molecule has 6 nitrogen and oxygen atoms in total. The summed E-state index contributed by atoms with van der Waals surface area (Å²) >= 11 is 0. The number of likely N-dealkylation sites (tertiary alicyclic amines) is 1. The number of aryl methyl sites for hydroxylation is 2. The average Bonchev–Trinajstić information content (AvgIpc) is 3.32. The van der Waals surface area contributed by atoms with E-state index in [9.17, 15) is 4.79 Å². The van der Waals surface area contributed by atoms with Crippen LogP contribution < -0.4 is 5.32 Å². The Morgan fingerprint density at radius 2 is 1.93 bits per heavy atom. The van der Waals surface area contributed by atoms with Gasteiger partial charge in [-0.15, -0.1) is 10.2 Å². The van der Waals surface area contributed by atoms with Gasteiger partial charge in [-0.25, -0.2) is 4.79 Å². The second-order valence-electron chi connectivity index (χ2n) is 6.98. The summed E-state index contributed by atoms with van der Waals surface area (Å²) in [6, 6.07) is 16.1. The Kier molecular flexibility index (Phi) is 4.62. The van der Waals surface area contributed by atoms with Crippen molar-refractivity contribution in [1.29, 1.82) is 0 Å². The number of hydrogen-bond donors (Lipinski definition) is 1. The number of urea groups is 1. The third-order valence-corrected chi connectivity index (χ3v) is 5.17. The van der Waals surface area contributed by atoms with Crippen LogP contribution in [0.2, 0.25) is 0 Å². The quantitative estimate of drug-likeness (QED) is 0.762. The Labute approximate surface area is 158 Å². The van der Waals surface area contributed by atoms with Crippen molar-refractivity contribution in [3.05, 3.63) is 66.0 Å². The Hall–Kier alpha value is -3.15. The molecule has 1 atom stereocenters. The zero-order valence-corrected chi connectivity index (χ0v) is 15.6. The molecule has 0 unspecified atom stereocenters. The molecule has 0 saturated carbocycles. The molecule has 4 rings (SSSR count). The number of aromatic nitrogens is 3. The lowest BCUT2D eigenvalue weighted by molar-refractivity contribution is 0.207. The van der Waals surface area contributed by atoms with Crippen molar-refractivity contribution in [2.75, 3.05) is 11.9 Å². The van der Waals surface area contributed by atoms with Gasteiger partial charge in [-0.2, -0.15) is 0 Å². The van der Waals surface area contributed by atoms with Crippen molar-refractivity contribution < 1.29 is 4.79 Å². The molecule has 1 fully saturated rings. The first-order valence-electron chi connectivity index (χ1n) is 9.21. The normalized spacial score (nSPS) is 16.5. The SMILES string of the molecule is Cc1ccccc1[C@@H]1CCCN1C(=O)Nc1ccc(-c2nncn2C)cc1. The average molecular weight is 361 g/mol. The van der Waals surface area contributed by atoms with Gasteiger partial charge in [0.25, 0.3) is 0 Å². The fraction of sp³-hybridized carbons (Fsp3) is 0.286. The van der Waals surface area contributed by atoms with Gasteiger partial charge in [0, 0.05) is 24.8 Å². The molecular weight excluding hydrogens is 338 g/mol. The van der Waals surface area contributed by atoms with Crippen molar-refractivity contribution in [3.8, 4) is 11.4 Å². The molecular formula is C21H23N5O. The van der Waals surface area contributed by atoms with E-state index in [1.54, 1.807) is 6.33 Å². The van der Waals surface area contributed by atoms with Gasteiger partial charge in [0.2, 0.25) is 0 Å². The Morgan fingerprint density at radius 1 is 1.15 bits per heavy atom. The fourth-order valence-corrected chi connectivity index (χ4v) is 3.74. The van der Waals surface area contributed by atoms with Crippen LogP contribution in [0.3, 0.4) is 0 Å². The summed E-state index contributed by atoms with van der Waals surface area (Å²) in [5.41, 5.74) is 4.21. The van der Waals surface area contributed by atoms with E-state index in [2.05, 4.69) is 34.6 Å². The van der Waals surface area contributed by atoms with Gasteiger partial charge in [0.15, 0.2) is 5.82 Å². The molecule has 1 N–H and O–H groups in total. The van der Waals surface area contributed by atoms with E-state index in [0.29, 0.717) is 0 Å². The molecule has 6 heteroatoms. The minimum Gasteiger partial charge on any atom is -0.317 e. The van der Waals surface area contributed by atoms with Crippen LogP contribution in [0.5, 0.6) is 0 Å². The molecule has 1 aliphatic heterocycles. The van der Waals surface area contributed by atoms with Crippen LogP contribution in [0, 0.1) is 6.92 Å². The largest absolute Gasteiger partial charge is 0.322 e. The first kappa shape index (κ1) is 17.3. The smallest absolute Gasteiger partial charge is 0.317 e. The maximum atomic E-state index is 12.9. The number of rotatable bonds is 3. The zero-order valence-electron chi connectivity index (χ0n) is 15.6. The summed E-state index contributed by atoms with van der Waals surface area (Å²) in [7, 11) is 1.91. The summed E-state index contributed by atoms with van der Waals surface area (Å²) < 4.78 is 1.87. The van der Waals surface area contributed by atoms with Gasteiger partial charge < -0.3 is 14.8 Å². The molecule has 1 aliphatic rings. The van der Waals surface area contributed by atoms with Crippen molar-refractivity contribution in [3.63, 3.8) is 0 Å². The Morgan fingerprint density at radius 3 is 2.63 bits per heavy atom. The summed E-state index contributed by atoms with van der Waals surface area (Å²) in [6.45, 7) is 2.89. The van der Waals surface area contributed by atoms with Gasteiger partial charge in [-0.3, -0.25) is 0 Å². The first-order valence-corrected chi connectivity index (χ1v) is 9.21. The number of amides is 2. The van der Waals surface area contributed by atoms with Gasteiger partial charge in [0.05, 0.1) is 6.04 Å². The van der Waals surface area contributed by atoms with E-state index < -0.39 is 0 Å². The van der Waals surface area contributed by atoms with Gasteiger partial charge in [0.1, 0.15) is 6.33 Å². The van der Waals surface area contributed by atoms with E-state index in [4.69, 9.17) is 0 Å². The van der Waals surface area contributed by atoms with Crippen molar-refractivity contribution >= 4 is 11.7 Å². The molecule has 138 valence electrons. The monoisotopic (exact) mass is 361 g/mol. The highest BCUT2D eigenvalue weighted by molar-refractivity contribution is 5.90. The molecule has 2 aromatic carbocycles. The van der Waals surface area contributed by atoms with Gasteiger partial charge in [-0.05, 0) is 55.2 Å². The van der Waals surface area contributed by atoms with Crippen molar-refractivity contribution in [2.24, 2.45) is 7.05 Å². The topological polar surface area (TPSA) is 63.1 Å². The van der Waals surface area contributed by atoms with Crippen LogP contribution in [-0.4, -0.2) is 32.2 Å². The van der Waals surface area contributed by atoms with E-state index in [1.165, 1.54) is 11.1 Å². The van der Waals surface area contributed by atoms with E-state index in [1.807, 2.05) is 52.9 Å². The number of carbonyl (C=O) groups excluding carboxylic acids is 1. The number of anilines is 1. The first-order chi connectivity index (χ1) is 13.1. The summed E-state index contributed by atoms with van der Waals surface area (Å²) in [4.78, 5) is 14.8. The number of nitrogens with zero attached hydrogens (tertiary/aromatic N) is 4. The van der Waals surface area contributed by atoms with Crippen LogP contribution in [-0.2, 0) is 7.05 Å². The third-order valence-electron chi connectivity index (χ3n) is 5.17. The summed E-state index contributed by atoms with van der Waals surface area (Å²) in [5.74, 6) is 0.798. The molecule has 0 spiro atoms. The number of benzene rings is 2. The minimum atomic E-state index is -0.0489. The van der Waals surface area contributed by atoms with Gasteiger partial charge >= 0.3 is 6.03 Å². The molecule has 0 radical (unpaired) electrons. The molecule has 27 heavy (non-hydrogen) atoms. The fourth-order valence-electron chi connectivity index (χ4n) is 3.74. The zero-order chi connectivity index (χ0) is 18.8. The van der Waals surface area contributed by atoms with Crippen LogP contribution in [0.25, 0.3) is 11.4 Å². The predicted molar refractivity (Wildman–Crippen MR) is 105 cm³/mol. The standard InChI is InChI=1S/C21H23N5O/c1-15-6-3-4-7-18(15)19-8-5-13-26(19)21(27)23-17-11-9-16(10-12-17)20-24-22-14-25(20)2/h3-4,6-7,9-12,14,19H,5,8,13H2,1-2H3,(H,23,27)/t19-/m0/s1. The third kappa shape index (κ3) is 3.43. The lowest BCUT2D eigenvalue weighted by atomic mass is 9.99. The maximum Gasteiger partial charge on any atom is 0.322 e. The molecule has 1 aromatic heterocycles. The van der Waals surface area contributed by atoms with Crippen LogP contribution in [0.4, 0.5) is 10.5 Å². The highest BCUT2D eigenvalue weighted by Gasteiger charge is 2.30. The molecule has 2 amide bonds. The van der Waals surface area contributed by atoms with Crippen LogP contribution >= 0.6 is 0 Å². The molecule has 1 saturated heterocycles. The van der Waals surface area contributed by atoms with E-state index >= 15 is 0 Å². The lowest BCUT2D eigenvalue weighted by Crippen LogP contribution is -2.34. The number of hydrogen-bond acceptors (Lipinski definition) is 3. The molecule has 0 bridgehead atoms. The second kappa shape index (κ2) is 7.23. The number of carbonyl (C=O) groups is 1. The van der Waals surface area contributed by atoms with E-state index in [0.717, 1.165) is 36.5 Å². The lowest BCUT2D eigenvalue weighted by Gasteiger charge is -2.26. The molecule has 0 aliphatic carbocycles. The highest BCUT2D eigenvalue weighted by Crippen LogP contribution is 2.34. The Bertz CT molecular complexity index is 947.